The summed E-state index contributed by atoms with van der Waals surface area (Å²) >= 11 is 0. The van der Waals surface area contributed by atoms with Gasteiger partial charge in [0.05, 0.1) is 13.7 Å². The number of ether oxygens (including phenoxy) is 4. The molecule has 0 bridgehead atoms. The number of rotatable bonds is 9. The fourth-order valence-corrected chi connectivity index (χ4v) is 3.09. The summed E-state index contributed by atoms with van der Waals surface area (Å²) in [7, 11) is 1.47. The molecule has 3 rings (SSSR count). The van der Waals surface area contributed by atoms with Gasteiger partial charge in [-0.05, 0) is 42.8 Å². The Morgan fingerprint density at radius 3 is 2.69 bits per heavy atom. The van der Waals surface area contributed by atoms with Crippen LogP contribution >= 0.6 is 0 Å². The van der Waals surface area contributed by atoms with E-state index in [9.17, 15) is 14.4 Å². The molecule has 0 atom stereocenters. The maximum atomic E-state index is 12.2. The molecule has 1 heterocycles. The zero-order chi connectivity index (χ0) is 25.2. The van der Waals surface area contributed by atoms with Crippen LogP contribution in [0.3, 0.4) is 0 Å². The van der Waals surface area contributed by atoms with Gasteiger partial charge < -0.3 is 23.4 Å². The fraction of sp³-hybridized carbons (Fsp3) is 0.200. The highest BCUT2D eigenvalue weighted by molar-refractivity contribution is 5.90. The molecule has 0 fully saturated rings. The molecule has 1 amide bonds. The van der Waals surface area contributed by atoms with Crippen molar-refractivity contribution < 1.29 is 33.0 Å². The van der Waals surface area contributed by atoms with Crippen LogP contribution < -0.4 is 20.4 Å². The summed E-state index contributed by atoms with van der Waals surface area (Å²) in [6.45, 7) is 1.62. The summed E-state index contributed by atoms with van der Waals surface area (Å²) in [4.78, 5) is 35.8. The lowest BCUT2D eigenvalue weighted by atomic mass is 10.1. The summed E-state index contributed by atoms with van der Waals surface area (Å²) in [5, 5.41) is 11.7. The van der Waals surface area contributed by atoms with Crippen molar-refractivity contribution in [2.24, 2.45) is 0 Å². The van der Waals surface area contributed by atoms with Gasteiger partial charge in [-0.25, -0.2) is 14.4 Å². The monoisotopic (exact) mass is 478 g/mol. The summed E-state index contributed by atoms with van der Waals surface area (Å²) in [6.07, 6.45) is 2.14. The normalized spacial score (nSPS) is 10.5. The molecule has 0 radical (unpaired) electrons. The number of benzene rings is 2. The van der Waals surface area contributed by atoms with E-state index < -0.39 is 17.7 Å². The number of hydrogen-bond donors (Lipinski definition) is 1. The molecular weight excluding hydrogens is 456 g/mol. The molecule has 10 nitrogen and oxygen atoms in total. The predicted molar refractivity (Wildman–Crippen MR) is 126 cm³/mol. The van der Waals surface area contributed by atoms with Gasteiger partial charge in [0.25, 0.3) is 0 Å². The van der Waals surface area contributed by atoms with E-state index >= 15 is 0 Å². The van der Waals surface area contributed by atoms with E-state index in [2.05, 4.69) is 5.32 Å². The largest absolute Gasteiger partial charge is 0.493 e. The molecule has 0 spiro atoms. The third kappa shape index (κ3) is 6.85. The minimum absolute atomic E-state index is 0.117. The summed E-state index contributed by atoms with van der Waals surface area (Å²) < 4.78 is 25.8. The van der Waals surface area contributed by atoms with Crippen LogP contribution in [0.4, 0.5) is 10.5 Å². The molecule has 3 aromatic rings. The molecule has 0 aliphatic carbocycles. The minimum Gasteiger partial charge on any atom is -0.493 e. The molecule has 0 aliphatic rings. The number of nitrogens with zero attached hydrogens (tertiary/aromatic N) is 1. The van der Waals surface area contributed by atoms with E-state index in [0.717, 1.165) is 0 Å². The fourth-order valence-electron chi connectivity index (χ4n) is 3.09. The van der Waals surface area contributed by atoms with Crippen LogP contribution in [0.25, 0.3) is 17.0 Å². The van der Waals surface area contributed by atoms with Crippen molar-refractivity contribution in [3.63, 3.8) is 0 Å². The number of fused-ring (bicyclic) bond motifs is 1. The van der Waals surface area contributed by atoms with Crippen molar-refractivity contribution in [2.75, 3.05) is 25.6 Å². The Kier molecular flexibility index (Phi) is 8.45. The Labute approximate surface area is 200 Å². The van der Waals surface area contributed by atoms with Gasteiger partial charge >= 0.3 is 17.7 Å². The lowest BCUT2D eigenvalue weighted by Gasteiger charge is -2.09. The van der Waals surface area contributed by atoms with E-state index in [1.807, 2.05) is 6.07 Å². The number of nitrogens with one attached hydrogen (secondary N) is 1. The predicted octanol–water partition coefficient (Wildman–Crippen LogP) is 4.03. The zero-order valence-electron chi connectivity index (χ0n) is 19.0. The van der Waals surface area contributed by atoms with Gasteiger partial charge in [0.1, 0.15) is 18.3 Å². The van der Waals surface area contributed by atoms with Gasteiger partial charge in [0.15, 0.2) is 18.1 Å². The average molecular weight is 478 g/mol. The Hall–Kier alpha value is -4.78. The second kappa shape index (κ2) is 11.9. The number of esters is 1. The molecule has 10 heteroatoms. The lowest BCUT2D eigenvalue weighted by Crippen LogP contribution is -2.13. The molecule has 180 valence electrons. The third-order valence-electron chi connectivity index (χ3n) is 4.61. The Morgan fingerprint density at radius 2 is 1.94 bits per heavy atom. The minimum atomic E-state index is -0.631. The molecule has 0 aliphatic heterocycles. The van der Waals surface area contributed by atoms with Gasteiger partial charge in [-0.2, -0.15) is 5.26 Å². The number of anilines is 1. The van der Waals surface area contributed by atoms with Crippen molar-refractivity contribution in [1.29, 1.82) is 5.26 Å². The number of carbonyl (C=O) groups is 2. The number of nitriles is 1. The average Bonchev–Trinajstić information content (AvgIpc) is 2.84. The van der Waals surface area contributed by atoms with Crippen LogP contribution in [-0.4, -0.2) is 32.4 Å². The molecule has 0 saturated carbocycles. The summed E-state index contributed by atoms with van der Waals surface area (Å²) in [6, 6.07) is 12.8. The smallest absolute Gasteiger partial charge is 0.411 e. The van der Waals surface area contributed by atoms with Crippen LogP contribution in [0.2, 0.25) is 0 Å². The Bertz CT molecular complexity index is 1350. The van der Waals surface area contributed by atoms with Gasteiger partial charge in [-0.1, -0.05) is 6.07 Å². The Morgan fingerprint density at radius 1 is 1.11 bits per heavy atom. The van der Waals surface area contributed by atoms with Crippen molar-refractivity contribution in [1.82, 2.24) is 0 Å². The maximum absolute atomic E-state index is 12.2. The first-order chi connectivity index (χ1) is 16.9. The number of hydrogen-bond acceptors (Lipinski definition) is 9. The van der Waals surface area contributed by atoms with E-state index in [1.165, 1.54) is 31.4 Å². The van der Waals surface area contributed by atoms with Crippen LogP contribution in [-0.2, 0) is 20.9 Å². The first kappa shape index (κ1) is 24.9. The number of carbonyl (C=O) groups excluding carboxylic acids is 2. The van der Waals surface area contributed by atoms with Gasteiger partial charge in [-0.15, -0.1) is 0 Å². The van der Waals surface area contributed by atoms with E-state index in [-0.39, 0.29) is 25.4 Å². The Balaban J connectivity index is 1.69. The number of amides is 1. The van der Waals surface area contributed by atoms with Crippen LogP contribution in [0.1, 0.15) is 18.1 Å². The molecule has 35 heavy (non-hydrogen) atoms. The highest BCUT2D eigenvalue weighted by Crippen LogP contribution is 2.28. The molecule has 0 unspecified atom stereocenters. The zero-order valence-corrected chi connectivity index (χ0v) is 19.0. The molecule has 2 aromatic carbocycles. The van der Waals surface area contributed by atoms with E-state index in [4.69, 9.17) is 28.6 Å². The third-order valence-corrected chi connectivity index (χ3v) is 4.61. The molecule has 1 aromatic heterocycles. The van der Waals surface area contributed by atoms with Crippen molar-refractivity contribution in [2.45, 2.75) is 13.5 Å². The van der Waals surface area contributed by atoms with Gasteiger partial charge in [0.2, 0.25) is 0 Å². The maximum Gasteiger partial charge on any atom is 0.411 e. The highest BCUT2D eigenvalue weighted by atomic mass is 16.5. The van der Waals surface area contributed by atoms with E-state index in [1.54, 1.807) is 37.3 Å². The molecule has 1 N–H and O–H groups in total. The quantitative estimate of drug-likeness (QED) is 0.274. The highest BCUT2D eigenvalue weighted by Gasteiger charge is 2.11. The van der Waals surface area contributed by atoms with Crippen molar-refractivity contribution in [3.8, 4) is 17.6 Å². The summed E-state index contributed by atoms with van der Waals surface area (Å²) in [5.41, 5.74) is 1.07. The van der Waals surface area contributed by atoms with Crippen LogP contribution in [0.5, 0.6) is 11.5 Å². The molecule has 0 saturated heterocycles. The number of methoxy groups -OCH3 is 1. The first-order valence-corrected chi connectivity index (χ1v) is 10.5. The standard InChI is InChI=1S/C25H22N2O8/c1-3-32-25(30)27-18-6-7-19-17(13-24(29)35-21(19)14-18)15-34-23(28)9-5-16-4-8-20(33-11-10-26)22(12-16)31-2/h4-9,12-14H,3,11,15H2,1-2H3,(H,27,30)/b9-5+. The van der Waals surface area contributed by atoms with Gasteiger partial charge in [-0.3, -0.25) is 5.32 Å². The second-order valence-electron chi connectivity index (χ2n) is 6.95. The molecular formula is C25H22N2O8. The van der Waals surface area contributed by atoms with Crippen molar-refractivity contribution >= 4 is 34.8 Å². The second-order valence-corrected chi connectivity index (χ2v) is 6.95. The lowest BCUT2D eigenvalue weighted by molar-refractivity contribution is -0.138. The first-order valence-electron chi connectivity index (χ1n) is 10.5. The SMILES string of the molecule is CCOC(=O)Nc1ccc2c(COC(=O)/C=C/c3ccc(OCC#N)c(OC)c3)cc(=O)oc2c1. The van der Waals surface area contributed by atoms with Crippen LogP contribution in [0.15, 0.2) is 57.8 Å². The topological polar surface area (TPSA) is 137 Å². The van der Waals surface area contributed by atoms with Crippen LogP contribution in [0, 0.1) is 11.3 Å². The summed E-state index contributed by atoms with van der Waals surface area (Å²) in [5.74, 6) is 0.190. The van der Waals surface area contributed by atoms with Gasteiger partial charge in [0, 0.05) is 34.8 Å². The van der Waals surface area contributed by atoms with E-state index in [0.29, 0.717) is 33.7 Å². The van der Waals surface area contributed by atoms with Crippen molar-refractivity contribution in [3.05, 3.63) is 70.1 Å².